The minimum absolute atomic E-state index is 0.162. The van der Waals surface area contributed by atoms with Gasteiger partial charge >= 0.3 is 0 Å². The van der Waals surface area contributed by atoms with Gasteiger partial charge in [0, 0.05) is 17.8 Å². The first-order valence-electron chi connectivity index (χ1n) is 5.78. The van der Waals surface area contributed by atoms with Gasteiger partial charge in [0.1, 0.15) is 5.76 Å². The van der Waals surface area contributed by atoms with Crippen LogP contribution in [0.3, 0.4) is 0 Å². The number of likely N-dealkylation sites (N-methyl/N-ethyl adjacent to an activating group) is 1. The van der Waals surface area contributed by atoms with Crippen molar-refractivity contribution < 1.29 is 4.42 Å². The zero-order valence-corrected chi connectivity index (χ0v) is 10.6. The van der Waals surface area contributed by atoms with E-state index in [1.165, 1.54) is 18.6 Å². The minimum atomic E-state index is 0.162. The number of nitrogens with two attached hydrogens (primary N) is 1. The maximum atomic E-state index is 5.98. The Labute approximate surface area is 101 Å². The first kappa shape index (κ1) is 12.0. The van der Waals surface area contributed by atoms with Gasteiger partial charge in [-0.1, -0.05) is 0 Å². The minimum Gasteiger partial charge on any atom is -0.468 e. The third kappa shape index (κ3) is 2.44. The first-order valence-corrected chi connectivity index (χ1v) is 6.94. The lowest BCUT2D eigenvalue weighted by molar-refractivity contribution is 0.118. The van der Waals surface area contributed by atoms with Gasteiger partial charge < -0.3 is 10.2 Å². The third-order valence-corrected chi connectivity index (χ3v) is 4.78. The van der Waals surface area contributed by atoms with Crippen LogP contribution in [0.15, 0.2) is 22.8 Å². The molecule has 3 nitrogen and oxygen atoms in total. The molecule has 1 unspecified atom stereocenters. The van der Waals surface area contributed by atoms with Crippen LogP contribution >= 0.6 is 11.8 Å². The highest BCUT2D eigenvalue weighted by Gasteiger charge is 2.35. The fourth-order valence-electron chi connectivity index (χ4n) is 2.26. The monoisotopic (exact) mass is 240 g/mol. The molecule has 2 N–H and O–H groups in total. The van der Waals surface area contributed by atoms with Crippen molar-refractivity contribution in [2.75, 3.05) is 25.1 Å². The molecule has 16 heavy (non-hydrogen) atoms. The molecule has 1 aromatic heterocycles. The van der Waals surface area contributed by atoms with Gasteiger partial charge in [0.2, 0.25) is 0 Å². The summed E-state index contributed by atoms with van der Waals surface area (Å²) in [5, 5.41) is 0. The van der Waals surface area contributed by atoms with Crippen molar-refractivity contribution in [1.82, 2.24) is 4.90 Å². The summed E-state index contributed by atoms with van der Waals surface area (Å²) in [5.41, 5.74) is 6.14. The average Bonchev–Trinajstić information content (AvgIpc) is 2.82. The van der Waals surface area contributed by atoms with Crippen LogP contribution in [0.25, 0.3) is 0 Å². The molecule has 1 aromatic rings. The Hall–Kier alpha value is -0.450. The molecule has 0 bridgehead atoms. The van der Waals surface area contributed by atoms with Gasteiger partial charge in [-0.05, 0) is 37.8 Å². The summed E-state index contributed by atoms with van der Waals surface area (Å²) in [6.45, 7) is 1.59. The van der Waals surface area contributed by atoms with Crippen LogP contribution in [0, 0.1) is 0 Å². The summed E-state index contributed by atoms with van der Waals surface area (Å²) in [7, 11) is 2.15. The van der Waals surface area contributed by atoms with E-state index in [1.54, 1.807) is 6.26 Å². The fourth-order valence-corrected chi connectivity index (χ4v) is 3.61. The average molecular weight is 240 g/mol. The lowest BCUT2D eigenvalue weighted by Crippen LogP contribution is -2.55. The van der Waals surface area contributed by atoms with Gasteiger partial charge in [-0.3, -0.25) is 4.90 Å². The van der Waals surface area contributed by atoms with Crippen molar-refractivity contribution in [3.05, 3.63) is 24.2 Å². The highest BCUT2D eigenvalue weighted by Crippen LogP contribution is 2.31. The molecule has 1 aliphatic rings. The van der Waals surface area contributed by atoms with Crippen LogP contribution in [-0.4, -0.2) is 35.5 Å². The van der Waals surface area contributed by atoms with Crippen LogP contribution in [0.4, 0.5) is 0 Å². The molecule has 90 valence electrons. The second-order valence-corrected chi connectivity index (χ2v) is 5.63. The van der Waals surface area contributed by atoms with Crippen LogP contribution in [0.5, 0.6) is 0 Å². The molecular formula is C12H20N2OS. The molecule has 4 heteroatoms. The lowest BCUT2D eigenvalue weighted by atomic mass is 9.93. The number of hydrogen-bond donors (Lipinski definition) is 1. The third-order valence-electron chi connectivity index (χ3n) is 3.46. The Morgan fingerprint density at radius 2 is 2.50 bits per heavy atom. The normalized spacial score (nSPS) is 26.2. The predicted octanol–water partition coefficient (Wildman–Crippen LogP) is 1.94. The van der Waals surface area contributed by atoms with Crippen LogP contribution < -0.4 is 5.73 Å². The van der Waals surface area contributed by atoms with Gasteiger partial charge in [-0.25, -0.2) is 0 Å². The van der Waals surface area contributed by atoms with E-state index in [2.05, 4.69) is 11.9 Å². The molecule has 1 fully saturated rings. The quantitative estimate of drug-likeness (QED) is 0.873. The molecule has 0 saturated carbocycles. The SMILES string of the molecule is CN(Cc1ccco1)C1(CN)CCCSC1. The van der Waals surface area contributed by atoms with E-state index in [0.717, 1.165) is 24.6 Å². The smallest absolute Gasteiger partial charge is 0.117 e. The van der Waals surface area contributed by atoms with E-state index in [0.29, 0.717) is 0 Å². The number of thioether (sulfide) groups is 1. The molecule has 0 aliphatic carbocycles. The predicted molar refractivity (Wildman–Crippen MR) is 68.5 cm³/mol. The van der Waals surface area contributed by atoms with Crippen molar-refractivity contribution in [2.24, 2.45) is 5.73 Å². The second-order valence-electron chi connectivity index (χ2n) is 4.52. The first-order chi connectivity index (χ1) is 7.77. The van der Waals surface area contributed by atoms with Crippen molar-refractivity contribution in [1.29, 1.82) is 0 Å². The van der Waals surface area contributed by atoms with Crippen molar-refractivity contribution in [2.45, 2.75) is 24.9 Å². The Morgan fingerprint density at radius 1 is 1.62 bits per heavy atom. The zero-order valence-electron chi connectivity index (χ0n) is 9.82. The Morgan fingerprint density at radius 3 is 3.06 bits per heavy atom. The van der Waals surface area contributed by atoms with Gasteiger partial charge in [0.25, 0.3) is 0 Å². The van der Waals surface area contributed by atoms with E-state index in [1.807, 2.05) is 23.9 Å². The fraction of sp³-hybridized carbons (Fsp3) is 0.667. The standard InChI is InChI=1S/C12H20N2OS/c1-14(8-11-4-2-6-15-11)12(9-13)5-3-7-16-10-12/h2,4,6H,3,5,7-10,13H2,1H3. The summed E-state index contributed by atoms with van der Waals surface area (Å²) in [4.78, 5) is 2.36. The maximum absolute atomic E-state index is 5.98. The van der Waals surface area contributed by atoms with Crippen LogP contribution in [0.2, 0.25) is 0 Å². The highest BCUT2D eigenvalue weighted by molar-refractivity contribution is 7.99. The largest absolute Gasteiger partial charge is 0.468 e. The van der Waals surface area contributed by atoms with Crippen molar-refractivity contribution >= 4 is 11.8 Å². The summed E-state index contributed by atoms with van der Waals surface area (Å²) in [6, 6.07) is 3.96. The summed E-state index contributed by atoms with van der Waals surface area (Å²) in [5.74, 6) is 3.43. The van der Waals surface area contributed by atoms with Crippen molar-refractivity contribution in [3.63, 3.8) is 0 Å². The molecule has 1 aliphatic heterocycles. The maximum Gasteiger partial charge on any atom is 0.117 e. The van der Waals surface area contributed by atoms with Crippen LogP contribution in [-0.2, 0) is 6.54 Å². The Bertz CT molecular complexity index is 307. The number of rotatable bonds is 4. The van der Waals surface area contributed by atoms with Gasteiger partial charge in [-0.2, -0.15) is 11.8 Å². The van der Waals surface area contributed by atoms with E-state index in [-0.39, 0.29) is 5.54 Å². The summed E-state index contributed by atoms with van der Waals surface area (Å²) < 4.78 is 5.40. The molecule has 2 heterocycles. The van der Waals surface area contributed by atoms with E-state index in [4.69, 9.17) is 10.2 Å². The highest BCUT2D eigenvalue weighted by atomic mass is 32.2. The molecule has 1 saturated heterocycles. The molecule has 0 amide bonds. The number of hydrogen-bond acceptors (Lipinski definition) is 4. The Balaban J connectivity index is 2.02. The number of furan rings is 1. The molecule has 2 rings (SSSR count). The summed E-state index contributed by atoms with van der Waals surface area (Å²) in [6.07, 6.45) is 4.20. The molecule has 1 atom stereocenters. The lowest BCUT2D eigenvalue weighted by Gasteiger charge is -2.43. The second kappa shape index (κ2) is 5.25. The van der Waals surface area contributed by atoms with E-state index < -0.39 is 0 Å². The molecule has 0 spiro atoms. The van der Waals surface area contributed by atoms with E-state index in [9.17, 15) is 0 Å². The van der Waals surface area contributed by atoms with Gasteiger partial charge in [-0.15, -0.1) is 0 Å². The van der Waals surface area contributed by atoms with Crippen LogP contribution in [0.1, 0.15) is 18.6 Å². The topological polar surface area (TPSA) is 42.4 Å². The van der Waals surface area contributed by atoms with Gasteiger partial charge in [0.05, 0.1) is 12.8 Å². The molecule has 0 aromatic carbocycles. The van der Waals surface area contributed by atoms with Gasteiger partial charge in [0.15, 0.2) is 0 Å². The molecular weight excluding hydrogens is 220 g/mol. The summed E-state index contributed by atoms with van der Waals surface area (Å²) >= 11 is 2.02. The Kier molecular flexibility index (Phi) is 3.95. The van der Waals surface area contributed by atoms with E-state index >= 15 is 0 Å². The molecule has 0 radical (unpaired) electrons. The zero-order chi connectivity index (χ0) is 11.4. The van der Waals surface area contributed by atoms with Crippen molar-refractivity contribution in [3.8, 4) is 0 Å². The number of nitrogens with zero attached hydrogens (tertiary/aromatic N) is 1.